The minimum Gasteiger partial charge on any atom is -0.372 e. The lowest BCUT2D eigenvalue weighted by Crippen LogP contribution is -2.22. The van der Waals surface area contributed by atoms with Gasteiger partial charge in [-0.1, -0.05) is 49.1 Å². The fraction of sp³-hybridized carbons (Fsp3) is 0.355. The third-order valence-electron chi connectivity index (χ3n) is 6.87. The van der Waals surface area contributed by atoms with E-state index in [1.807, 2.05) is 6.08 Å². The van der Waals surface area contributed by atoms with Crippen molar-refractivity contribution in [3.05, 3.63) is 101 Å². The summed E-state index contributed by atoms with van der Waals surface area (Å²) in [6, 6.07) is 22.8. The summed E-state index contributed by atoms with van der Waals surface area (Å²) in [7, 11) is 0. The SMILES string of the molecule is C=Cc1cccc(C(c2ccc(N(CC)CC)cc2C)c2ccc(N(CC)CC)cc2C)c1. The number of aryl methyl sites for hydroxylation is 2. The van der Waals surface area contributed by atoms with E-state index in [4.69, 9.17) is 0 Å². The molecule has 2 heteroatoms. The molecule has 0 aliphatic carbocycles. The third kappa shape index (κ3) is 5.33. The van der Waals surface area contributed by atoms with Crippen LogP contribution in [0.15, 0.2) is 67.2 Å². The fourth-order valence-electron chi connectivity index (χ4n) is 4.93. The van der Waals surface area contributed by atoms with Crippen molar-refractivity contribution < 1.29 is 0 Å². The molecule has 0 N–H and O–H groups in total. The quantitative estimate of drug-likeness (QED) is 0.296. The van der Waals surface area contributed by atoms with E-state index in [1.165, 1.54) is 39.2 Å². The van der Waals surface area contributed by atoms with Gasteiger partial charge in [-0.05, 0) is 99.2 Å². The molecule has 0 fully saturated rings. The number of anilines is 2. The van der Waals surface area contributed by atoms with Crippen molar-refractivity contribution in [2.75, 3.05) is 36.0 Å². The molecule has 0 amide bonds. The van der Waals surface area contributed by atoms with E-state index in [2.05, 4.69) is 119 Å². The molecular formula is C31H40N2. The highest BCUT2D eigenvalue weighted by atomic mass is 15.1. The van der Waals surface area contributed by atoms with Crippen LogP contribution in [0.3, 0.4) is 0 Å². The molecule has 3 rings (SSSR count). The summed E-state index contributed by atoms with van der Waals surface area (Å²) in [5.74, 6) is 0.182. The maximum absolute atomic E-state index is 4.00. The Balaban J connectivity index is 2.17. The molecule has 174 valence electrons. The zero-order valence-electron chi connectivity index (χ0n) is 21.4. The first-order chi connectivity index (χ1) is 16.0. The zero-order valence-corrected chi connectivity index (χ0v) is 21.4. The van der Waals surface area contributed by atoms with Crippen molar-refractivity contribution in [2.24, 2.45) is 0 Å². The summed E-state index contributed by atoms with van der Waals surface area (Å²) in [6.45, 7) is 21.5. The van der Waals surface area contributed by atoms with Gasteiger partial charge in [0.15, 0.2) is 0 Å². The molecule has 3 aromatic rings. The molecule has 0 saturated carbocycles. The Kier molecular flexibility index (Phi) is 8.38. The van der Waals surface area contributed by atoms with Gasteiger partial charge in [-0.2, -0.15) is 0 Å². The second kappa shape index (κ2) is 11.2. The number of hydrogen-bond donors (Lipinski definition) is 0. The summed E-state index contributed by atoms with van der Waals surface area (Å²) in [5.41, 5.74) is 10.5. The average Bonchev–Trinajstić information content (AvgIpc) is 2.83. The van der Waals surface area contributed by atoms with Gasteiger partial charge in [0.05, 0.1) is 0 Å². The zero-order chi connectivity index (χ0) is 24.0. The smallest absolute Gasteiger partial charge is 0.0368 e. The van der Waals surface area contributed by atoms with Gasteiger partial charge in [0, 0.05) is 43.5 Å². The van der Waals surface area contributed by atoms with E-state index >= 15 is 0 Å². The van der Waals surface area contributed by atoms with Crippen LogP contribution in [0.25, 0.3) is 6.08 Å². The van der Waals surface area contributed by atoms with Crippen LogP contribution in [-0.4, -0.2) is 26.2 Å². The monoisotopic (exact) mass is 440 g/mol. The first-order valence-electron chi connectivity index (χ1n) is 12.4. The lowest BCUT2D eigenvalue weighted by Gasteiger charge is -2.27. The highest BCUT2D eigenvalue weighted by molar-refractivity contribution is 5.60. The largest absolute Gasteiger partial charge is 0.372 e. The summed E-state index contributed by atoms with van der Waals surface area (Å²) in [6.07, 6.45) is 1.94. The van der Waals surface area contributed by atoms with Gasteiger partial charge in [0.1, 0.15) is 0 Å². The molecule has 0 saturated heterocycles. The van der Waals surface area contributed by atoms with E-state index < -0.39 is 0 Å². The van der Waals surface area contributed by atoms with Crippen molar-refractivity contribution in [2.45, 2.75) is 47.5 Å². The summed E-state index contributed by atoms with van der Waals surface area (Å²) < 4.78 is 0. The van der Waals surface area contributed by atoms with E-state index in [0.29, 0.717) is 0 Å². The van der Waals surface area contributed by atoms with Crippen LogP contribution in [-0.2, 0) is 0 Å². The van der Waals surface area contributed by atoms with Crippen molar-refractivity contribution in [3.63, 3.8) is 0 Å². The lowest BCUT2D eigenvalue weighted by atomic mass is 9.80. The first kappa shape index (κ1) is 24.6. The molecule has 0 bridgehead atoms. The van der Waals surface area contributed by atoms with Crippen LogP contribution in [0.2, 0.25) is 0 Å². The summed E-state index contributed by atoms with van der Waals surface area (Å²) >= 11 is 0. The van der Waals surface area contributed by atoms with E-state index in [0.717, 1.165) is 31.7 Å². The number of nitrogens with zero attached hydrogens (tertiary/aromatic N) is 2. The Morgan fingerprint density at radius 1 is 0.697 bits per heavy atom. The van der Waals surface area contributed by atoms with E-state index in [1.54, 1.807) is 0 Å². The second-order valence-electron chi connectivity index (χ2n) is 8.73. The molecule has 33 heavy (non-hydrogen) atoms. The summed E-state index contributed by atoms with van der Waals surface area (Å²) in [5, 5.41) is 0. The molecular weight excluding hydrogens is 400 g/mol. The molecule has 0 spiro atoms. The van der Waals surface area contributed by atoms with Crippen LogP contribution in [0.5, 0.6) is 0 Å². The topological polar surface area (TPSA) is 6.48 Å². The first-order valence-corrected chi connectivity index (χ1v) is 12.4. The van der Waals surface area contributed by atoms with Crippen LogP contribution < -0.4 is 9.80 Å². The Morgan fingerprint density at radius 2 is 1.18 bits per heavy atom. The fourth-order valence-corrected chi connectivity index (χ4v) is 4.93. The van der Waals surface area contributed by atoms with E-state index in [9.17, 15) is 0 Å². The van der Waals surface area contributed by atoms with Gasteiger partial charge < -0.3 is 9.80 Å². The molecule has 0 atom stereocenters. The third-order valence-corrected chi connectivity index (χ3v) is 6.87. The minimum absolute atomic E-state index is 0.182. The van der Waals surface area contributed by atoms with E-state index in [-0.39, 0.29) is 5.92 Å². The molecule has 0 radical (unpaired) electrons. The van der Waals surface area contributed by atoms with Crippen LogP contribution >= 0.6 is 0 Å². The Labute approximate surface area is 201 Å². The van der Waals surface area contributed by atoms with Gasteiger partial charge in [-0.3, -0.25) is 0 Å². The average molecular weight is 441 g/mol. The van der Waals surface area contributed by atoms with Crippen molar-refractivity contribution in [3.8, 4) is 0 Å². The van der Waals surface area contributed by atoms with Gasteiger partial charge in [0.25, 0.3) is 0 Å². The number of hydrogen-bond acceptors (Lipinski definition) is 2. The van der Waals surface area contributed by atoms with Crippen LogP contribution in [0, 0.1) is 13.8 Å². The van der Waals surface area contributed by atoms with Gasteiger partial charge in [-0.25, -0.2) is 0 Å². The number of benzene rings is 3. The molecule has 0 aliphatic rings. The predicted octanol–water partition coefficient (Wildman–Crippen LogP) is 7.82. The Morgan fingerprint density at radius 3 is 1.58 bits per heavy atom. The summed E-state index contributed by atoms with van der Waals surface area (Å²) in [4.78, 5) is 4.82. The molecule has 0 aliphatic heterocycles. The van der Waals surface area contributed by atoms with Crippen molar-refractivity contribution in [1.82, 2.24) is 0 Å². The Hall–Kier alpha value is -3.00. The standard InChI is InChI=1S/C31H40N2/c1-8-25-14-13-15-26(22-25)31(29-18-16-27(20-23(29)6)32(9-2)10-3)30-19-17-28(21-24(30)7)33(11-4)12-5/h8,13-22,31H,1,9-12H2,2-7H3. The minimum atomic E-state index is 0.182. The van der Waals surface area contributed by atoms with Crippen LogP contribution in [0.1, 0.15) is 67.0 Å². The van der Waals surface area contributed by atoms with Gasteiger partial charge in [0.2, 0.25) is 0 Å². The Bertz CT molecular complexity index is 1010. The molecule has 0 heterocycles. The highest BCUT2D eigenvalue weighted by Crippen LogP contribution is 2.38. The second-order valence-corrected chi connectivity index (χ2v) is 8.73. The predicted molar refractivity (Wildman–Crippen MR) is 147 cm³/mol. The lowest BCUT2D eigenvalue weighted by molar-refractivity contribution is 0.859. The normalized spacial score (nSPS) is 11.0. The highest BCUT2D eigenvalue weighted by Gasteiger charge is 2.22. The number of rotatable bonds is 10. The van der Waals surface area contributed by atoms with Gasteiger partial charge in [-0.15, -0.1) is 0 Å². The molecule has 3 aromatic carbocycles. The van der Waals surface area contributed by atoms with Gasteiger partial charge >= 0.3 is 0 Å². The van der Waals surface area contributed by atoms with Crippen LogP contribution in [0.4, 0.5) is 11.4 Å². The molecule has 0 unspecified atom stereocenters. The van der Waals surface area contributed by atoms with Crippen molar-refractivity contribution >= 4 is 17.5 Å². The maximum atomic E-state index is 4.00. The maximum Gasteiger partial charge on any atom is 0.0368 e. The molecule has 0 aromatic heterocycles. The van der Waals surface area contributed by atoms with Crippen molar-refractivity contribution in [1.29, 1.82) is 0 Å². The molecule has 2 nitrogen and oxygen atoms in total.